The highest BCUT2D eigenvalue weighted by molar-refractivity contribution is 6.11. The van der Waals surface area contributed by atoms with Gasteiger partial charge in [0, 0.05) is 29.5 Å². The van der Waals surface area contributed by atoms with Gasteiger partial charge in [-0.05, 0) is 29.8 Å². The van der Waals surface area contributed by atoms with Crippen molar-refractivity contribution in [2.75, 3.05) is 5.32 Å². The van der Waals surface area contributed by atoms with Gasteiger partial charge in [0.1, 0.15) is 0 Å². The van der Waals surface area contributed by atoms with Crippen molar-refractivity contribution in [3.05, 3.63) is 78.8 Å². The number of anilines is 1. The maximum atomic E-state index is 12.7. The predicted octanol–water partition coefficient (Wildman–Crippen LogP) is 2.85. The van der Waals surface area contributed by atoms with Crippen molar-refractivity contribution in [3.63, 3.8) is 0 Å². The number of nitrogens with one attached hydrogen (secondary N) is 3. The van der Waals surface area contributed by atoms with E-state index in [4.69, 9.17) is 0 Å². The Kier molecular flexibility index (Phi) is 4.10. The number of rotatable bonds is 5. The minimum absolute atomic E-state index is 0.301. The minimum atomic E-state index is -0.301. The average molecular weight is 384 g/mol. The van der Waals surface area contributed by atoms with Crippen molar-refractivity contribution in [1.29, 1.82) is 0 Å². The Labute approximate surface area is 164 Å². The fourth-order valence-corrected chi connectivity index (χ4v) is 3.14. The van der Waals surface area contributed by atoms with Crippen LogP contribution in [-0.2, 0) is 6.54 Å². The molecular weight excluding hydrogens is 368 g/mol. The summed E-state index contributed by atoms with van der Waals surface area (Å²) in [7, 11) is 0. The van der Waals surface area contributed by atoms with Gasteiger partial charge in [0.05, 0.1) is 35.8 Å². The minimum Gasteiger partial charge on any atom is -0.318 e. The maximum Gasteiger partial charge on any atom is 0.276 e. The summed E-state index contributed by atoms with van der Waals surface area (Å²) in [5.74, 6) is -0.301. The summed E-state index contributed by atoms with van der Waals surface area (Å²) < 4.78 is 1.72. The molecule has 3 N–H and O–H groups in total. The van der Waals surface area contributed by atoms with Crippen LogP contribution in [0.3, 0.4) is 0 Å². The molecule has 0 fully saturated rings. The molecule has 0 unspecified atom stereocenters. The van der Waals surface area contributed by atoms with E-state index < -0.39 is 0 Å². The number of hydrogen-bond donors (Lipinski definition) is 3. The topological polar surface area (TPSA) is 117 Å². The molecular formula is C20H16N8O. The molecule has 1 aromatic carbocycles. The molecule has 0 radical (unpaired) electrons. The Morgan fingerprint density at radius 1 is 1.14 bits per heavy atom. The third-order valence-corrected chi connectivity index (χ3v) is 4.55. The molecule has 5 rings (SSSR count). The Hall–Kier alpha value is -4.27. The van der Waals surface area contributed by atoms with Crippen molar-refractivity contribution in [2.24, 2.45) is 0 Å². The van der Waals surface area contributed by atoms with Gasteiger partial charge in [-0.2, -0.15) is 15.3 Å². The number of pyridine rings is 1. The Bertz CT molecular complexity index is 1270. The lowest BCUT2D eigenvalue weighted by molar-refractivity contribution is 0.102. The van der Waals surface area contributed by atoms with Crippen molar-refractivity contribution in [3.8, 4) is 11.1 Å². The first-order chi connectivity index (χ1) is 14.3. The second-order valence-corrected chi connectivity index (χ2v) is 6.52. The van der Waals surface area contributed by atoms with Gasteiger partial charge in [-0.3, -0.25) is 24.7 Å². The molecule has 9 nitrogen and oxygen atoms in total. The van der Waals surface area contributed by atoms with E-state index >= 15 is 0 Å². The molecule has 0 saturated carbocycles. The Morgan fingerprint density at radius 3 is 2.93 bits per heavy atom. The van der Waals surface area contributed by atoms with Crippen LogP contribution in [0.15, 0.2) is 67.4 Å². The number of amides is 1. The largest absolute Gasteiger partial charge is 0.318 e. The molecule has 142 valence electrons. The number of aromatic nitrogens is 7. The summed E-state index contributed by atoms with van der Waals surface area (Å²) in [6, 6.07) is 11.5. The van der Waals surface area contributed by atoms with Crippen LogP contribution in [0, 0.1) is 0 Å². The number of aromatic amines is 2. The lowest BCUT2D eigenvalue weighted by atomic mass is 10.1. The number of H-pyrrole nitrogens is 2. The van der Waals surface area contributed by atoms with Gasteiger partial charge in [0.25, 0.3) is 5.91 Å². The first-order valence-corrected chi connectivity index (χ1v) is 8.97. The molecule has 5 aromatic rings. The quantitative estimate of drug-likeness (QED) is 0.431. The van der Waals surface area contributed by atoms with Crippen LogP contribution in [0.2, 0.25) is 0 Å². The zero-order valence-corrected chi connectivity index (χ0v) is 15.2. The number of benzene rings is 1. The predicted molar refractivity (Wildman–Crippen MR) is 107 cm³/mol. The number of fused-ring (bicyclic) bond motifs is 1. The molecule has 0 spiro atoms. The first-order valence-electron chi connectivity index (χ1n) is 8.97. The SMILES string of the molecule is O=C(Nc1cnn(Cc2ccccn2)c1)c1n[nH]c2cc(-c3cn[nH]c3)ccc12. The van der Waals surface area contributed by atoms with E-state index in [0.717, 1.165) is 27.7 Å². The summed E-state index contributed by atoms with van der Waals surface area (Å²) >= 11 is 0. The average Bonchev–Trinajstić information content (AvgIpc) is 3.49. The van der Waals surface area contributed by atoms with Crippen LogP contribution in [0.25, 0.3) is 22.0 Å². The Balaban J connectivity index is 1.34. The van der Waals surface area contributed by atoms with E-state index in [1.807, 2.05) is 42.6 Å². The fourth-order valence-electron chi connectivity index (χ4n) is 3.14. The van der Waals surface area contributed by atoms with Gasteiger partial charge in [0.2, 0.25) is 0 Å². The zero-order chi connectivity index (χ0) is 19.6. The van der Waals surface area contributed by atoms with Crippen LogP contribution in [0.4, 0.5) is 5.69 Å². The normalized spacial score (nSPS) is 11.0. The lowest BCUT2D eigenvalue weighted by Gasteiger charge is -2.01. The maximum absolute atomic E-state index is 12.7. The number of nitrogens with zero attached hydrogens (tertiary/aromatic N) is 5. The lowest BCUT2D eigenvalue weighted by Crippen LogP contribution is -2.12. The van der Waals surface area contributed by atoms with Crippen molar-refractivity contribution >= 4 is 22.5 Å². The van der Waals surface area contributed by atoms with Crippen LogP contribution in [0.1, 0.15) is 16.2 Å². The van der Waals surface area contributed by atoms with E-state index in [1.165, 1.54) is 0 Å². The monoisotopic (exact) mass is 384 g/mol. The van der Waals surface area contributed by atoms with Crippen LogP contribution in [-0.4, -0.2) is 41.1 Å². The van der Waals surface area contributed by atoms with E-state index in [0.29, 0.717) is 17.9 Å². The van der Waals surface area contributed by atoms with E-state index in [1.54, 1.807) is 29.5 Å². The molecule has 29 heavy (non-hydrogen) atoms. The van der Waals surface area contributed by atoms with Crippen LogP contribution in [0.5, 0.6) is 0 Å². The van der Waals surface area contributed by atoms with E-state index in [9.17, 15) is 4.79 Å². The summed E-state index contributed by atoms with van der Waals surface area (Å²) in [6.45, 7) is 0.527. The van der Waals surface area contributed by atoms with Gasteiger partial charge in [-0.25, -0.2) is 0 Å². The fraction of sp³-hybridized carbons (Fsp3) is 0.0500. The van der Waals surface area contributed by atoms with Gasteiger partial charge >= 0.3 is 0 Å². The molecule has 4 aromatic heterocycles. The highest BCUT2D eigenvalue weighted by Gasteiger charge is 2.16. The number of carbonyl (C=O) groups is 1. The summed E-state index contributed by atoms with van der Waals surface area (Å²) in [6.07, 6.45) is 8.66. The summed E-state index contributed by atoms with van der Waals surface area (Å²) in [4.78, 5) is 17.0. The smallest absolute Gasteiger partial charge is 0.276 e. The highest BCUT2D eigenvalue weighted by atomic mass is 16.2. The number of hydrogen-bond acceptors (Lipinski definition) is 5. The first kappa shape index (κ1) is 16.9. The van der Waals surface area contributed by atoms with Crippen LogP contribution >= 0.6 is 0 Å². The molecule has 4 heterocycles. The third-order valence-electron chi connectivity index (χ3n) is 4.55. The van der Waals surface area contributed by atoms with Crippen molar-refractivity contribution in [1.82, 2.24) is 35.2 Å². The van der Waals surface area contributed by atoms with E-state index in [-0.39, 0.29) is 5.91 Å². The molecule has 9 heteroatoms. The van der Waals surface area contributed by atoms with Gasteiger partial charge in [-0.1, -0.05) is 12.1 Å². The third kappa shape index (κ3) is 3.36. The van der Waals surface area contributed by atoms with Gasteiger partial charge < -0.3 is 5.32 Å². The van der Waals surface area contributed by atoms with E-state index in [2.05, 4.69) is 35.8 Å². The highest BCUT2D eigenvalue weighted by Crippen LogP contribution is 2.24. The second-order valence-electron chi connectivity index (χ2n) is 6.52. The van der Waals surface area contributed by atoms with Crippen LogP contribution < -0.4 is 5.32 Å². The molecule has 0 aliphatic carbocycles. The molecule has 0 bridgehead atoms. The van der Waals surface area contributed by atoms with Crippen molar-refractivity contribution < 1.29 is 4.79 Å². The Morgan fingerprint density at radius 2 is 2.10 bits per heavy atom. The molecule has 0 aliphatic rings. The van der Waals surface area contributed by atoms with Crippen molar-refractivity contribution in [2.45, 2.75) is 6.54 Å². The molecule has 0 atom stereocenters. The standard InChI is InChI=1S/C20H16N8O/c29-20(25-16-10-24-28(12-16)11-15-3-1-2-6-21-15)19-17-5-4-13(7-18(17)26-27-19)14-8-22-23-9-14/h1-10,12H,11H2,(H,22,23)(H,25,29)(H,26,27). The summed E-state index contributed by atoms with van der Waals surface area (Å²) in [5.41, 5.74) is 4.54. The molecule has 0 aliphatic heterocycles. The number of carbonyl (C=O) groups excluding carboxylic acids is 1. The molecule has 0 saturated heterocycles. The molecule has 1 amide bonds. The summed E-state index contributed by atoms with van der Waals surface area (Å²) in [5, 5.41) is 21.7. The van der Waals surface area contributed by atoms with Gasteiger partial charge in [0.15, 0.2) is 5.69 Å². The second kappa shape index (κ2) is 7.04. The van der Waals surface area contributed by atoms with Gasteiger partial charge in [-0.15, -0.1) is 0 Å². The zero-order valence-electron chi connectivity index (χ0n) is 15.2.